The summed E-state index contributed by atoms with van der Waals surface area (Å²) >= 11 is 0. The molecule has 6 nitrogen and oxygen atoms in total. The van der Waals surface area contributed by atoms with Gasteiger partial charge in [0, 0.05) is 12.1 Å². The van der Waals surface area contributed by atoms with E-state index in [1.807, 2.05) is 30.0 Å². The van der Waals surface area contributed by atoms with Gasteiger partial charge in [-0.05, 0) is 68.1 Å². The SMILES string of the molecule is C[C@@H]1CN(C)CC[C@@H]1c1cc2c(cc1-c1ccccc1F)OCC1N=NC(=O)[C@@H](C)N21. The van der Waals surface area contributed by atoms with E-state index in [0.29, 0.717) is 23.8 Å². The van der Waals surface area contributed by atoms with Gasteiger partial charge in [-0.1, -0.05) is 25.1 Å². The average molecular weight is 423 g/mol. The minimum Gasteiger partial charge on any atom is -0.487 e. The van der Waals surface area contributed by atoms with E-state index in [2.05, 4.69) is 35.2 Å². The van der Waals surface area contributed by atoms with Gasteiger partial charge in [-0.15, -0.1) is 5.11 Å². The number of likely N-dealkylation sites (tertiary alicyclic amines) is 1. The van der Waals surface area contributed by atoms with Crippen LogP contribution in [0.15, 0.2) is 46.6 Å². The van der Waals surface area contributed by atoms with Crippen molar-refractivity contribution >= 4 is 11.6 Å². The van der Waals surface area contributed by atoms with Gasteiger partial charge >= 0.3 is 0 Å². The fraction of sp³-hybridized carbons (Fsp3) is 0.458. The lowest BCUT2D eigenvalue weighted by atomic mass is 9.78. The van der Waals surface area contributed by atoms with E-state index in [4.69, 9.17) is 4.74 Å². The van der Waals surface area contributed by atoms with E-state index in [-0.39, 0.29) is 23.8 Å². The Morgan fingerprint density at radius 3 is 2.74 bits per heavy atom. The number of benzene rings is 2. The molecule has 0 aliphatic carbocycles. The molecule has 3 aliphatic heterocycles. The van der Waals surface area contributed by atoms with E-state index in [1.54, 1.807) is 6.07 Å². The Morgan fingerprint density at radius 2 is 1.97 bits per heavy atom. The maximum Gasteiger partial charge on any atom is 0.286 e. The van der Waals surface area contributed by atoms with Crippen LogP contribution in [0.3, 0.4) is 0 Å². The van der Waals surface area contributed by atoms with Crippen LogP contribution >= 0.6 is 0 Å². The Labute approximate surface area is 181 Å². The predicted molar refractivity (Wildman–Crippen MR) is 117 cm³/mol. The van der Waals surface area contributed by atoms with Crippen molar-refractivity contribution in [1.82, 2.24) is 4.90 Å². The molecule has 0 spiro atoms. The van der Waals surface area contributed by atoms with Crippen LogP contribution in [0.4, 0.5) is 10.1 Å². The molecule has 4 atom stereocenters. The molecule has 162 valence electrons. The quantitative estimate of drug-likeness (QED) is 0.717. The van der Waals surface area contributed by atoms with E-state index in [0.717, 1.165) is 36.3 Å². The first-order valence-corrected chi connectivity index (χ1v) is 10.9. The van der Waals surface area contributed by atoms with Crippen LogP contribution in [0.5, 0.6) is 5.75 Å². The Morgan fingerprint density at radius 1 is 1.16 bits per heavy atom. The number of hydrogen-bond acceptors (Lipinski definition) is 5. The molecule has 0 N–H and O–H groups in total. The van der Waals surface area contributed by atoms with Gasteiger partial charge in [0.2, 0.25) is 0 Å². The number of nitrogens with zero attached hydrogens (tertiary/aromatic N) is 4. The summed E-state index contributed by atoms with van der Waals surface area (Å²) in [7, 11) is 2.14. The van der Waals surface area contributed by atoms with Gasteiger partial charge in [-0.2, -0.15) is 5.11 Å². The second-order valence-electron chi connectivity index (χ2n) is 8.95. The monoisotopic (exact) mass is 422 g/mol. The lowest BCUT2D eigenvalue weighted by Crippen LogP contribution is -2.52. The Balaban J connectivity index is 1.69. The topological polar surface area (TPSA) is 57.5 Å². The largest absolute Gasteiger partial charge is 0.487 e. The number of piperidine rings is 1. The number of halogens is 1. The minimum absolute atomic E-state index is 0.242. The molecule has 0 saturated carbocycles. The van der Waals surface area contributed by atoms with Crippen molar-refractivity contribution in [1.29, 1.82) is 0 Å². The summed E-state index contributed by atoms with van der Waals surface area (Å²) in [6, 6.07) is 10.6. The molecule has 3 heterocycles. The molecule has 0 aromatic heterocycles. The number of amides is 1. The number of carbonyl (C=O) groups excluding carboxylic acids is 1. The van der Waals surface area contributed by atoms with Crippen molar-refractivity contribution < 1.29 is 13.9 Å². The molecule has 1 amide bonds. The van der Waals surface area contributed by atoms with Gasteiger partial charge in [0.05, 0.1) is 5.69 Å². The fourth-order valence-corrected chi connectivity index (χ4v) is 5.22. The lowest BCUT2D eigenvalue weighted by molar-refractivity contribution is -0.120. The zero-order chi connectivity index (χ0) is 21.7. The summed E-state index contributed by atoms with van der Waals surface area (Å²) in [5.74, 6) is 0.872. The number of hydrogen-bond donors (Lipinski definition) is 0. The van der Waals surface area contributed by atoms with Crippen LogP contribution in [0.25, 0.3) is 11.1 Å². The Hall–Kier alpha value is -2.80. The van der Waals surface area contributed by atoms with Crippen LogP contribution in [0, 0.1) is 11.7 Å². The molecule has 1 saturated heterocycles. The number of ether oxygens (including phenoxy) is 1. The summed E-state index contributed by atoms with van der Waals surface area (Å²) in [5.41, 5.74) is 3.40. The first-order valence-electron chi connectivity index (χ1n) is 10.9. The van der Waals surface area contributed by atoms with E-state index in [9.17, 15) is 9.18 Å². The van der Waals surface area contributed by atoms with Crippen LogP contribution in [0.2, 0.25) is 0 Å². The molecule has 1 fully saturated rings. The van der Waals surface area contributed by atoms with Crippen molar-refractivity contribution in [3.8, 4) is 16.9 Å². The highest BCUT2D eigenvalue weighted by Crippen LogP contribution is 2.47. The van der Waals surface area contributed by atoms with E-state index in [1.165, 1.54) is 6.07 Å². The number of fused-ring (bicyclic) bond motifs is 3. The number of azo groups is 1. The lowest BCUT2D eigenvalue weighted by Gasteiger charge is -2.42. The molecular weight excluding hydrogens is 395 g/mol. The number of anilines is 1. The summed E-state index contributed by atoms with van der Waals surface area (Å²) in [6.07, 6.45) is 0.679. The second-order valence-corrected chi connectivity index (χ2v) is 8.95. The first-order chi connectivity index (χ1) is 14.9. The highest BCUT2D eigenvalue weighted by atomic mass is 19.1. The maximum absolute atomic E-state index is 14.9. The number of carbonyl (C=O) groups is 1. The molecule has 2 aromatic carbocycles. The van der Waals surface area contributed by atoms with Gasteiger partial charge in [0.25, 0.3) is 5.91 Å². The van der Waals surface area contributed by atoms with Crippen molar-refractivity contribution in [3.63, 3.8) is 0 Å². The average Bonchev–Trinajstić information content (AvgIpc) is 2.75. The Bertz CT molecular complexity index is 1060. The minimum atomic E-state index is -0.410. The van der Waals surface area contributed by atoms with Crippen LogP contribution in [0.1, 0.15) is 31.7 Å². The maximum atomic E-state index is 14.9. The smallest absolute Gasteiger partial charge is 0.286 e. The van der Waals surface area contributed by atoms with Crippen LogP contribution in [-0.4, -0.2) is 49.8 Å². The van der Waals surface area contributed by atoms with E-state index >= 15 is 0 Å². The Kier molecular flexibility index (Phi) is 5.01. The molecule has 0 bridgehead atoms. The highest BCUT2D eigenvalue weighted by Gasteiger charge is 2.39. The molecule has 31 heavy (non-hydrogen) atoms. The summed E-state index contributed by atoms with van der Waals surface area (Å²) in [5, 5.41) is 7.94. The molecule has 7 heteroatoms. The molecule has 0 radical (unpaired) electrons. The van der Waals surface area contributed by atoms with Crippen molar-refractivity contribution in [2.24, 2.45) is 16.1 Å². The molecule has 3 aliphatic rings. The zero-order valence-electron chi connectivity index (χ0n) is 18.1. The number of rotatable bonds is 2. The second kappa shape index (κ2) is 7.71. The third-order valence-corrected chi connectivity index (χ3v) is 6.85. The normalized spacial score (nSPS) is 28.1. The first kappa shape index (κ1) is 20.1. The van der Waals surface area contributed by atoms with Crippen molar-refractivity contribution in [3.05, 3.63) is 47.8 Å². The van der Waals surface area contributed by atoms with Crippen molar-refractivity contribution in [2.45, 2.75) is 38.4 Å². The molecular formula is C24H27FN4O2. The van der Waals surface area contributed by atoms with Crippen molar-refractivity contribution in [2.75, 3.05) is 31.6 Å². The molecule has 2 aromatic rings. The molecule has 5 rings (SSSR count). The third-order valence-electron chi connectivity index (χ3n) is 6.85. The van der Waals surface area contributed by atoms with Gasteiger partial charge in [0.1, 0.15) is 24.2 Å². The highest BCUT2D eigenvalue weighted by molar-refractivity contribution is 5.88. The van der Waals surface area contributed by atoms with Gasteiger partial charge < -0.3 is 14.5 Å². The fourth-order valence-electron chi connectivity index (χ4n) is 5.22. The summed E-state index contributed by atoms with van der Waals surface area (Å²) in [4.78, 5) is 16.6. The third kappa shape index (κ3) is 3.41. The summed E-state index contributed by atoms with van der Waals surface area (Å²) in [6.45, 7) is 6.41. The predicted octanol–water partition coefficient (Wildman–Crippen LogP) is 4.45. The van der Waals surface area contributed by atoms with Gasteiger partial charge in [-0.25, -0.2) is 4.39 Å². The van der Waals surface area contributed by atoms with Crippen LogP contribution in [-0.2, 0) is 4.79 Å². The van der Waals surface area contributed by atoms with Gasteiger partial charge in [-0.3, -0.25) is 4.79 Å². The van der Waals surface area contributed by atoms with Crippen LogP contribution < -0.4 is 9.64 Å². The zero-order valence-corrected chi connectivity index (χ0v) is 18.1. The standard InChI is InChI=1S/C24H27FN4O2/c1-14-12-28(3)9-8-16(14)18-10-21-22(11-19(18)17-6-4-5-7-20(17)25)31-13-23-26-27-24(30)15(2)29(21)23/h4-7,10-11,14-16,23H,8-9,12-13H2,1-3H3/t14-,15-,16+,23?/m1/s1. The summed E-state index contributed by atoms with van der Waals surface area (Å²) < 4.78 is 20.9. The van der Waals surface area contributed by atoms with E-state index < -0.39 is 6.04 Å². The van der Waals surface area contributed by atoms with Gasteiger partial charge in [0.15, 0.2) is 6.17 Å². The molecule has 1 unspecified atom stereocenters.